The van der Waals surface area contributed by atoms with Crippen LogP contribution in [0, 0.1) is 11.3 Å². The van der Waals surface area contributed by atoms with Gasteiger partial charge >= 0.3 is 0 Å². The van der Waals surface area contributed by atoms with Gasteiger partial charge in [0.05, 0.1) is 23.8 Å². The molecule has 0 aromatic heterocycles. The van der Waals surface area contributed by atoms with Crippen molar-refractivity contribution in [1.29, 1.82) is 5.26 Å². The third kappa shape index (κ3) is 2.73. The molecule has 0 amide bonds. The molecule has 1 fully saturated rings. The molecular formula is C12H13ClN2O. The van der Waals surface area contributed by atoms with E-state index in [0.717, 1.165) is 38.4 Å². The molecule has 2 rings (SSSR count). The molecule has 1 heterocycles. The van der Waals surface area contributed by atoms with E-state index in [-0.39, 0.29) is 0 Å². The van der Waals surface area contributed by atoms with E-state index in [1.54, 1.807) is 6.07 Å². The molecule has 1 saturated heterocycles. The molecule has 0 atom stereocenters. The Bertz CT molecular complexity index is 408. The van der Waals surface area contributed by atoms with Gasteiger partial charge in [0, 0.05) is 19.6 Å². The Balaban J connectivity index is 2.06. The van der Waals surface area contributed by atoms with Gasteiger partial charge in [-0.2, -0.15) is 5.26 Å². The minimum atomic E-state index is 0.522. The lowest BCUT2D eigenvalue weighted by Gasteiger charge is -2.26. The van der Waals surface area contributed by atoms with E-state index in [1.807, 2.05) is 12.1 Å². The van der Waals surface area contributed by atoms with Crippen LogP contribution >= 0.6 is 11.6 Å². The van der Waals surface area contributed by atoms with E-state index in [9.17, 15) is 0 Å². The van der Waals surface area contributed by atoms with E-state index in [2.05, 4.69) is 11.0 Å². The summed E-state index contributed by atoms with van der Waals surface area (Å²) in [5.74, 6) is 0. The Kier molecular flexibility index (Phi) is 3.79. The fraction of sp³-hybridized carbons (Fsp3) is 0.417. The number of hydrogen-bond acceptors (Lipinski definition) is 3. The summed E-state index contributed by atoms with van der Waals surface area (Å²) >= 11 is 5.88. The average Bonchev–Trinajstić information content (AvgIpc) is 2.33. The molecule has 1 aromatic rings. The molecule has 1 aliphatic rings. The number of ether oxygens (including phenoxy) is 1. The number of nitriles is 1. The van der Waals surface area contributed by atoms with Gasteiger partial charge in [0.25, 0.3) is 0 Å². The van der Waals surface area contributed by atoms with Crippen molar-refractivity contribution in [3.63, 3.8) is 0 Å². The van der Waals surface area contributed by atoms with Crippen molar-refractivity contribution in [2.75, 3.05) is 26.3 Å². The van der Waals surface area contributed by atoms with Crippen LogP contribution in [0.25, 0.3) is 0 Å². The molecule has 16 heavy (non-hydrogen) atoms. The smallest absolute Gasteiger partial charge is 0.101 e. The summed E-state index contributed by atoms with van der Waals surface area (Å²) < 4.78 is 5.29. The largest absolute Gasteiger partial charge is 0.379 e. The molecule has 1 aromatic carbocycles. The maximum Gasteiger partial charge on any atom is 0.101 e. The number of halogens is 1. The van der Waals surface area contributed by atoms with Crippen LogP contribution < -0.4 is 0 Å². The highest BCUT2D eigenvalue weighted by Crippen LogP contribution is 2.17. The molecule has 0 radical (unpaired) electrons. The van der Waals surface area contributed by atoms with Crippen LogP contribution in [-0.2, 0) is 11.3 Å². The van der Waals surface area contributed by atoms with E-state index in [4.69, 9.17) is 21.6 Å². The Hall–Kier alpha value is -1.08. The number of nitrogens with zero attached hydrogens (tertiary/aromatic N) is 2. The number of rotatable bonds is 2. The monoisotopic (exact) mass is 236 g/mol. The van der Waals surface area contributed by atoms with Gasteiger partial charge in [0.1, 0.15) is 6.07 Å². The highest BCUT2D eigenvalue weighted by Gasteiger charge is 2.11. The zero-order valence-electron chi connectivity index (χ0n) is 8.95. The van der Waals surface area contributed by atoms with Gasteiger partial charge < -0.3 is 4.74 Å². The maximum atomic E-state index is 8.88. The van der Waals surface area contributed by atoms with Crippen molar-refractivity contribution in [3.05, 3.63) is 34.3 Å². The van der Waals surface area contributed by atoms with Gasteiger partial charge in [0.15, 0.2) is 0 Å². The second kappa shape index (κ2) is 5.31. The highest BCUT2D eigenvalue weighted by atomic mass is 35.5. The molecule has 0 saturated carbocycles. The zero-order valence-corrected chi connectivity index (χ0v) is 9.70. The summed E-state index contributed by atoms with van der Waals surface area (Å²) in [5, 5.41) is 9.40. The average molecular weight is 237 g/mol. The predicted octanol–water partition coefficient (Wildman–Crippen LogP) is 2.04. The fourth-order valence-corrected chi connectivity index (χ4v) is 1.93. The molecule has 0 spiro atoms. The quantitative estimate of drug-likeness (QED) is 0.789. The third-order valence-electron chi connectivity index (χ3n) is 2.66. The van der Waals surface area contributed by atoms with Crippen molar-refractivity contribution in [2.24, 2.45) is 0 Å². The van der Waals surface area contributed by atoms with E-state index in [0.29, 0.717) is 10.6 Å². The molecule has 0 N–H and O–H groups in total. The van der Waals surface area contributed by atoms with Gasteiger partial charge in [0.2, 0.25) is 0 Å². The van der Waals surface area contributed by atoms with Gasteiger partial charge in [-0.3, -0.25) is 4.90 Å². The van der Waals surface area contributed by atoms with Crippen molar-refractivity contribution < 1.29 is 4.74 Å². The lowest BCUT2D eigenvalue weighted by molar-refractivity contribution is 0.0342. The van der Waals surface area contributed by atoms with Crippen LogP contribution in [0.5, 0.6) is 0 Å². The van der Waals surface area contributed by atoms with Crippen LogP contribution in [0.15, 0.2) is 18.2 Å². The third-order valence-corrected chi connectivity index (χ3v) is 2.99. The second-order valence-electron chi connectivity index (χ2n) is 3.81. The first-order valence-electron chi connectivity index (χ1n) is 5.28. The highest BCUT2D eigenvalue weighted by molar-refractivity contribution is 6.31. The lowest BCUT2D eigenvalue weighted by Crippen LogP contribution is -2.35. The summed E-state index contributed by atoms with van der Waals surface area (Å²) in [6, 6.07) is 7.72. The minimum absolute atomic E-state index is 0.522. The first-order chi connectivity index (χ1) is 7.79. The molecule has 0 unspecified atom stereocenters. The summed E-state index contributed by atoms with van der Waals surface area (Å²) in [6.07, 6.45) is 0. The van der Waals surface area contributed by atoms with Crippen LogP contribution in [0.1, 0.15) is 11.1 Å². The minimum Gasteiger partial charge on any atom is -0.379 e. The molecular weight excluding hydrogens is 224 g/mol. The van der Waals surface area contributed by atoms with Gasteiger partial charge in [-0.05, 0) is 17.7 Å². The molecule has 1 aliphatic heterocycles. The van der Waals surface area contributed by atoms with Crippen molar-refractivity contribution in [2.45, 2.75) is 6.54 Å². The molecule has 0 bridgehead atoms. The van der Waals surface area contributed by atoms with Crippen molar-refractivity contribution in [3.8, 4) is 6.07 Å². The van der Waals surface area contributed by atoms with Crippen molar-refractivity contribution >= 4 is 11.6 Å². The first-order valence-corrected chi connectivity index (χ1v) is 5.66. The van der Waals surface area contributed by atoms with Gasteiger partial charge in [-0.1, -0.05) is 17.7 Å². The first kappa shape index (κ1) is 11.4. The van der Waals surface area contributed by atoms with E-state index >= 15 is 0 Å². The predicted molar refractivity (Wildman–Crippen MR) is 62.3 cm³/mol. The van der Waals surface area contributed by atoms with Gasteiger partial charge in [-0.15, -0.1) is 0 Å². The van der Waals surface area contributed by atoms with E-state index < -0.39 is 0 Å². The number of hydrogen-bond donors (Lipinski definition) is 0. The Morgan fingerprint density at radius 2 is 2.12 bits per heavy atom. The van der Waals surface area contributed by atoms with Crippen molar-refractivity contribution in [1.82, 2.24) is 4.90 Å². The number of benzene rings is 1. The van der Waals surface area contributed by atoms with E-state index in [1.165, 1.54) is 0 Å². The fourth-order valence-electron chi connectivity index (χ4n) is 1.77. The SMILES string of the molecule is N#Cc1cc(CN2CCOCC2)ccc1Cl. The van der Waals surface area contributed by atoms with Crippen LogP contribution in [0.3, 0.4) is 0 Å². The molecule has 0 aliphatic carbocycles. The molecule has 84 valence electrons. The van der Waals surface area contributed by atoms with Crippen LogP contribution in [0.2, 0.25) is 5.02 Å². The number of morpholine rings is 1. The Labute approximate surface area is 100 Å². The topological polar surface area (TPSA) is 36.3 Å². The Morgan fingerprint density at radius 1 is 1.38 bits per heavy atom. The van der Waals surface area contributed by atoms with Crippen LogP contribution in [-0.4, -0.2) is 31.2 Å². The standard InChI is InChI=1S/C12H13ClN2O/c13-12-2-1-10(7-11(12)8-14)9-15-3-5-16-6-4-15/h1-2,7H,3-6,9H2. The summed E-state index contributed by atoms with van der Waals surface area (Å²) in [5.41, 5.74) is 1.68. The maximum absolute atomic E-state index is 8.88. The molecule has 3 nitrogen and oxygen atoms in total. The normalized spacial score (nSPS) is 17.0. The van der Waals surface area contributed by atoms with Crippen LogP contribution in [0.4, 0.5) is 0 Å². The summed E-state index contributed by atoms with van der Waals surface area (Å²) in [7, 11) is 0. The lowest BCUT2D eigenvalue weighted by atomic mass is 10.1. The summed E-state index contributed by atoms with van der Waals surface area (Å²) in [6.45, 7) is 4.33. The Morgan fingerprint density at radius 3 is 2.81 bits per heavy atom. The zero-order chi connectivity index (χ0) is 11.4. The summed E-state index contributed by atoms with van der Waals surface area (Å²) in [4.78, 5) is 2.31. The van der Waals surface area contributed by atoms with Gasteiger partial charge in [-0.25, -0.2) is 0 Å². The second-order valence-corrected chi connectivity index (χ2v) is 4.22. The molecule has 4 heteroatoms.